The minimum atomic E-state index is -0.871. The Labute approximate surface area is 155 Å². The van der Waals surface area contributed by atoms with Crippen molar-refractivity contribution in [3.8, 4) is 0 Å². The first-order valence-electron chi connectivity index (χ1n) is 8.46. The van der Waals surface area contributed by atoms with Crippen LogP contribution in [0.2, 0.25) is 0 Å². The van der Waals surface area contributed by atoms with E-state index >= 15 is 0 Å². The molecule has 0 spiro atoms. The lowest BCUT2D eigenvalue weighted by molar-refractivity contribution is -0.143. The molecule has 0 bridgehead atoms. The lowest BCUT2D eigenvalue weighted by atomic mass is 9.94. The second-order valence-electron chi connectivity index (χ2n) is 6.21. The Balaban J connectivity index is 1.74. The van der Waals surface area contributed by atoms with Crippen LogP contribution in [0.4, 0.5) is 0 Å². The van der Waals surface area contributed by atoms with Crippen LogP contribution in [-0.4, -0.2) is 53.3 Å². The molecule has 0 saturated carbocycles. The quantitative estimate of drug-likeness (QED) is 0.627. The summed E-state index contributed by atoms with van der Waals surface area (Å²) in [6.07, 6.45) is 2.42. The number of amidine groups is 1. The first-order chi connectivity index (χ1) is 12.9. The molecule has 1 aliphatic heterocycles. The zero-order valence-electron chi connectivity index (χ0n) is 15.1. The fraction of sp³-hybridized carbons (Fsp3) is 0.263. The molecule has 0 radical (unpaired) electrons. The molecule has 140 valence electrons. The number of aromatic nitrogens is 1. The van der Waals surface area contributed by atoms with Crippen molar-refractivity contribution < 1.29 is 19.1 Å². The van der Waals surface area contributed by atoms with Gasteiger partial charge in [-0.15, -0.1) is 6.58 Å². The van der Waals surface area contributed by atoms with E-state index in [2.05, 4.69) is 21.9 Å². The number of hydrogen-bond donors (Lipinski definition) is 2. The Morgan fingerprint density at radius 1 is 1.44 bits per heavy atom. The van der Waals surface area contributed by atoms with Crippen LogP contribution in [0.1, 0.15) is 18.4 Å². The highest BCUT2D eigenvalue weighted by Gasteiger charge is 2.39. The molecule has 1 aromatic carbocycles. The maximum absolute atomic E-state index is 12.4. The number of hydrogen-bond acceptors (Lipinski definition) is 4. The molecule has 2 N–H and O–H groups in total. The molecule has 8 nitrogen and oxygen atoms in total. The summed E-state index contributed by atoms with van der Waals surface area (Å²) in [7, 11) is 1.33. The minimum absolute atomic E-state index is 0.158. The number of nitrogens with zero attached hydrogens (tertiary/aromatic N) is 2. The summed E-state index contributed by atoms with van der Waals surface area (Å²) in [6, 6.07) is 7.55. The number of likely N-dealkylation sites (N-methyl/N-ethyl adjacent to an activating group) is 1. The summed E-state index contributed by atoms with van der Waals surface area (Å²) in [6.45, 7) is 5.48. The molecule has 0 unspecified atom stereocenters. The van der Waals surface area contributed by atoms with E-state index in [0.717, 1.165) is 21.4 Å². The fourth-order valence-corrected chi connectivity index (χ4v) is 2.93. The monoisotopic (exact) mass is 368 g/mol. The van der Waals surface area contributed by atoms with Crippen molar-refractivity contribution in [2.45, 2.75) is 18.9 Å². The van der Waals surface area contributed by atoms with Crippen LogP contribution in [-0.2, 0) is 19.1 Å². The molecule has 0 aliphatic carbocycles. The maximum Gasteiger partial charge on any atom is 0.319 e. The van der Waals surface area contributed by atoms with Crippen molar-refractivity contribution in [1.29, 1.82) is 0 Å². The van der Waals surface area contributed by atoms with E-state index in [1.807, 2.05) is 37.4 Å². The van der Waals surface area contributed by atoms with Crippen LogP contribution < -0.4 is 5.32 Å². The highest BCUT2D eigenvalue weighted by molar-refractivity contribution is 6.37. The van der Waals surface area contributed by atoms with Gasteiger partial charge in [0.25, 0.3) is 5.91 Å². The number of benzene rings is 1. The van der Waals surface area contributed by atoms with Crippen molar-refractivity contribution in [3.63, 3.8) is 0 Å². The summed E-state index contributed by atoms with van der Waals surface area (Å²) in [5, 5.41) is 3.37. The summed E-state index contributed by atoms with van der Waals surface area (Å²) in [4.78, 5) is 44.2. The van der Waals surface area contributed by atoms with Gasteiger partial charge in [-0.1, -0.05) is 31.2 Å². The van der Waals surface area contributed by atoms with E-state index in [4.69, 9.17) is 4.74 Å². The van der Waals surface area contributed by atoms with E-state index in [1.54, 1.807) is 0 Å². The Bertz CT molecular complexity index is 946. The standard InChI is InChI=1S/C19H20N4O4/c1-4-9-20-17(25)18(26)23(3)19-22-16(24)15(27-19)11(2)13-10-21-14-8-6-5-7-12(13)14/h4-8,10-11,15,21H,1,9H2,2-3H3,(H,20,25)/t11-,15+/m1/s1. The number of ether oxygens (including phenoxy) is 1. The molecule has 2 aromatic rings. The predicted molar refractivity (Wildman–Crippen MR) is 100 cm³/mol. The molecule has 2 atom stereocenters. The molecule has 0 fully saturated rings. The van der Waals surface area contributed by atoms with Gasteiger partial charge < -0.3 is 15.0 Å². The Morgan fingerprint density at radius 3 is 2.93 bits per heavy atom. The molecule has 2 heterocycles. The van der Waals surface area contributed by atoms with Crippen LogP contribution in [0.25, 0.3) is 10.9 Å². The second kappa shape index (κ2) is 7.45. The third kappa shape index (κ3) is 3.46. The average Bonchev–Trinajstić information content (AvgIpc) is 3.28. The van der Waals surface area contributed by atoms with Gasteiger partial charge in [-0.2, -0.15) is 4.99 Å². The molecule has 1 aromatic heterocycles. The van der Waals surface area contributed by atoms with Gasteiger partial charge in [-0.25, -0.2) is 0 Å². The molecule has 3 amide bonds. The largest absolute Gasteiger partial charge is 0.450 e. The smallest absolute Gasteiger partial charge is 0.319 e. The van der Waals surface area contributed by atoms with Crippen molar-refractivity contribution in [2.75, 3.05) is 13.6 Å². The van der Waals surface area contributed by atoms with Gasteiger partial charge in [0.2, 0.25) is 0 Å². The van der Waals surface area contributed by atoms with Crippen LogP contribution in [0.5, 0.6) is 0 Å². The molecule has 0 saturated heterocycles. The summed E-state index contributed by atoms with van der Waals surface area (Å²) < 4.78 is 5.64. The number of aliphatic imine (C=N–C) groups is 1. The van der Waals surface area contributed by atoms with Crippen molar-refractivity contribution in [3.05, 3.63) is 48.7 Å². The molecule has 1 aliphatic rings. The first-order valence-corrected chi connectivity index (χ1v) is 8.46. The van der Waals surface area contributed by atoms with Gasteiger partial charge in [0.1, 0.15) is 0 Å². The number of amides is 3. The van der Waals surface area contributed by atoms with Gasteiger partial charge in [-0.05, 0) is 11.6 Å². The first kappa shape index (κ1) is 18.4. The maximum atomic E-state index is 12.4. The van der Waals surface area contributed by atoms with E-state index in [1.165, 1.54) is 13.1 Å². The van der Waals surface area contributed by atoms with E-state index in [-0.39, 0.29) is 18.5 Å². The molecule has 8 heteroatoms. The zero-order valence-corrected chi connectivity index (χ0v) is 15.1. The minimum Gasteiger partial charge on any atom is -0.450 e. The number of carbonyl (C=O) groups excluding carboxylic acids is 3. The Morgan fingerprint density at radius 2 is 2.19 bits per heavy atom. The third-order valence-corrected chi connectivity index (χ3v) is 4.44. The lowest BCUT2D eigenvalue weighted by Gasteiger charge is -2.20. The highest BCUT2D eigenvalue weighted by Crippen LogP contribution is 2.31. The number of H-pyrrole nitrogens is 1. The van der Waals surface area contributed by atoms with Crippen molar-refractivity contribution in [1.82, 2.24) is 15.2 Å². The molecule has 27 heavy (non-hydrogen) atoms. The number of fused-ring (bicyclic) bond motifs is 1. The van der Waals surface area contributed by atoms with Gasteiger partial charge >= 0.3 is 17.8 Å². The zero-order chi connectivity index (χ0) is 19.6. The fourth-order valence-electron chi connectivity index (χ4n) is 2.93. The number of nitrogens with one attached hydrogen (secondary N) is 2. The average molecular weight is 368 g/mol. The van der Waals surface area contributed by atoms with Crippen molar-refractivity contribution in [2.24, 2.45) is 4.99 Å². The normalized spacial score (nSPS) is 17.2. The van der Waals surface area contributed by atoms with Gasteiger partial charge in [0.05, 0.1) is 0 Å². The van der Waals surface area contributed by atoms with E-state index < -0.39 is 23.8 Å². The Hall–Kier alpha value is -3.42. The molecule has 3 rings (SSSR count). The topological polar surface area (TPSA) is 104 Å². The van der Waals surface area contributed by atoms with Gasteiger partial charge in [-0.3, -0.25) is 19.3 Å². The molecular weight excluding hydrogens is 348 g/mol. The SMILES string of the molecule is C=CCNC(=O)C(=O)N(C)C1=NC(=O)[C@H]([C@H](C)c2c[nH]c3ccccc23)O1. The lowest BCUT2D eigenvalue weighted by Crippen LogP contribution is -2.44. The number of para-hydroxylation sites is 1. The van der Waals surface area contributed by atoms with E-state index in [0.29, 0.717) is 0 Å². The van der Waals surface area contributed by atoms with Crippen LogP contribution in [0.3, 0.4) is 0 Å². The van der Waals surface area contributed by atoms with Gasteiger partial charge in [0.15, 0.2) is 6.10 Å². The van der Waals surface area contributed by atoms with E-state index in [9.17, 15) is 14.4 Å². The molecular formula is C19H20N4O4. The van der Waals surface area contributed by atoms with Gasteiger partial charge in [0, 0.05) is 36.6 Å². The van der Waals surface area contributed by atoms with Crippen LogP contribution >= 0.6 is 0 Å². The number of carbonyl (C=O) groups is 3. The predicted octanol–water partition coefficient (Wildman–Crippen LogP) is 1.31. The number of aromatic amines is 1. The Kier molecular flexibility index (Phi) is 5.07. The third-order valence-electron chi connectivity index (χ3n) is 4.44. The van der Waals surface area contributed by atoms with Crippen LogP contribution in [0, 0.1) is 0 Å². The summed E-state index contributed by atoms with van der Waals surface area (Å²) in [5.41, 5.74) is 1.87. The second-order valence-corrected chi connectivity index (χ2v) is 6.21. The highest BCUT2D eigenvalue weighted by atomic mass is 16.5. The van der Waals surface area contributed by atoms with Crippen LogP contribution in [0.15, 0.2) is 48.1 Å². The summed E-state index contributed by atoms with van der Waals surface area (Å²) in [5.74, 6) is -2.49. The van der Waals surface area contributed by atoms with Crippen molar-refractivity contribution >= 4 is 34.6 Å². The number of rotatable bonds is 4. The summed E-state index contributed by atoms with van der Waals surface area (Å²) >= 11 is 0.